The summed E-state index contributed by atoms with van der Waals surface area (Å²) < 4.78 is 9.20. The van der Waals surface area contributed by atoms with E-state index in [1.165, 1.54) is 12.8 Å². The summed E-state index contributed by atoms with van der Waals surface area (Å²) in [6, 6.07) is 0. The molecule has 2 aliphatic heterocycles. The molecule has 164 valence electrons. The van der Waals surface area contributed by atoms with Crippen LogP contribution in [-0.4, -0.2) is 47.9 Å². The summed E-state index contributed by atoms with van der Waals surface area (Å²) in [4.78, 5) is 31.3. The highest BCUT2D eigenvalue weighted by Crippen LogP contribution is 2.19. The van der Waals surface area contributed by atoms with E-state index in [1.54, 1.807) is 0 Å². The van der Waals surface area contributed by atoms with E-state index < -0.39 is 11.9 Å². The minimum Gasteiger partial charge on any atom is -0.481 e. The van der Waals surface area contributed by atoms with Crippen LogP contribution in [0.1, 0.15) is 78.6 Å². The fourth-order valence-electron chi connectivity index (χ4n) is 2.59. The number of aliphatic hydroxyl groups excluding tert-OH is 1. The van der Waals surface area contributed by atoms with Crippen LogP contribution >= 0.6 is 0 Å². The van der Waals surface area contributed by atoms with Gasteiger partial charge in [-0.25, -0.2) is 0 Å². The Morgan fingerprint density at radius 3 is 1.57 bits per heavy atom. The van der Waals surface area contributed by atoms with Crippen LogP contribution in [0.3, 0.4) is 0 Å². The van der Waals surface area contributed by atoms with Crippen LogP contribution in [0.25, 0.3) is 0 Å². The van der Waals surface area contributed by atoms with Crippen LogP contribution in [0.15, 0.2) is 0 Å². The molecule has 0 amide bonds. The number of carboxylic acids is 1. The zero-order valence-corrected chi connectivity index (χ0v) is 17.7. The molecule has 2 rings (SSSR count). The number of unbranched alkanes of at least 4 members (excludes halogenated alkanes) is 3. The van der Waals surface area contributed by atoms with Gasteiger partial charge in [0.05, 0.1) is 24.4 Å². The van der Waals surface area contributed by atoms with Crippen molar-refractivity contribution in [3.05, 3.63) is 0 Å². The smallest absolute Gasteiger partial charge is 0.312 e. The van der Waals surface area contributed by atoms with Crippen LogP contribution in [0.2, 0.25) is 0 Å². The lowest BCUT2D eigenvalue weighted by molar-refractivity contribution is -0.169. The van der Waals surface area contributed by atoms with Gasteiger partial charge in [0, 0.05) is 0 Å². The Labute approximate surface area is 168 Å². The molecule has 2 aliphatic rings. The van der Waals surface area contributed by atoms with Gasteiger partial charge in [-0.2, -0.15) is 0 Å². The molecular weight excluding hydrogens is 364 g/mol. The Kier molecular flexibility index (Phi) is 15.4. The van der Waals surface area contributed by atoms with Gasteiger partial charge in [-0.1, -0.05) is 59.3 Å². The lowest BCUT2D eigenvalue weighted by atomic mass is 10.0. The molecule has 0 aliphatic carbocycles. The predicted molar refractivity (Wildman–Crippen MR) is 106 cm³/mol. The van der Waals surface area contributed by atoms with Crippen molar-refractivity contribution in [2.45, 2.75) is 78.6 Å². The summed E-state index contributed by atoms with van der Waals surface area (Å²) in [6.45, 7) is 7.34. The Hall–Kier alpha value is -1.63. The van der Waals surface area contributed by atoms with Crippen molar-refractivity contribution in [1.29, 1.82) is 0 Å². The van der Waals surface area contributed by atoms with Gasteiger partial charge in [-0.05, 0) is 19.3 Å². The van der Waals surface area contributed by atoms with Crippen LogP contribution in [0, 0.1) is 17.8 Å². The first-order chi connectivity index (χ1) is 13.4. The molecule has 2 saturated heterocycles. The number of carboxylic acid groups (broad SMARTS) is 1. The molecule has 2 heterocycles. The second kappa shape index (κ2) is 16.3. The van der Waals surface area contributed by atoms with Crippen LogP contribution in [-0.2, 0) is 23.9 Å². The van der Waals surface area contributed by atoms with Gasteiger partial charge in [0.15, 0.2) is 0 Å². The van der Waals surface area contributed by atoms with Gasteiger partial charge in [0.2, 0.25) is 0 Å². The van der Waals surface area contributed by atoms with E-state index in [2.05, 4.69) is 23.3 Å². The number of hydrogen-bond acceptors (Lipinski definition) is 6. The summed E-state index contributed by atoms with van der Waals surface area (Å²) in [7, 11) is 0. The van der Waals surface area contributed by atoms with E-state index in [0.29, 0.717) is 19.6 Å². The second-order valence-electron chi connectivity index (χ2n) is 7.30. The van der Waals surface area contributed by atoms with Gasteiger partial charge in [0.1, 0.15) is 13.2 Å². The topological polar surface area (TPSA) is 110 Å². The van der Waals surface area contributed by atoms with Crippen molar-refractivity contribution >= 4 is 17.9 Å². The Morgan fingerprint density at radius 2 is 1.36 bits per heavy atom. The first kappa shape index (κ1) is 26.4. The summed E-state index contributed by atoms with van der Waals surface area (Å²) in [5.74, 6) is -0.960. The van der Waals surface area contributed by atoms with Crippen molar-refractivity contribution in [3.63, 3.8) is 0 Å². The first-order valence-electron chi connectivity index (χ1n) is 10.6. The number of carbonyl (C=O) groups is 3. The maximum absolute atomic E-state index is 10.5. The Morgan fingerprint density at radius 1 is 0.929 bits per heavy atom. The highest BCUT2D eigenvalue weighted by molar-refractivity contribution is 5.77. The maximum atomic E-state index is 10.5. The molecule has 1 unspecified atom stereocenters. The van der Waals surface area contributed by atoms with Crippen molar-refractivity contribution in [2.24, 2.45) is 17.8 Å². The second-order valence-corrected chi connectivity index (χ2v) is 7.30. The monoisotopic (exact) mass is 402 g/mol. The minimum absolute atomic E-state index is 0.00319. The van der Waals surface area contributed by atoms with Crippen LogP contribution < -0.4 is 0 Å². The van der Waals surface area contributed by atoms with Gasteiger partial charge < -0.3 is 19.7 Å². The zero-order chi connectivity index (χ0) is 21.4. The summed E-state index contributed by atoms with van der Waals surface area (Å²) in [6.07, 6.45) is 9.13. The zero-order valence-electron chi connectivity index (χ0n) is 17.7. The van der Waals surface area contributed by atoms with Crippen molar-refractivity contribution in [1.82, 2.24) is 0 Å². The molecular formula is C21H38O7. The minimum atomic E-state index is -0.893. The third-order valence-electron chi connectivity index (χ3n) is 4.81. The Balaban J connectivity index is 0.000000391. The maximum Gasteiger partial charge on any atom is 0.312 e. The van der Waals surface area contributed by atoms with Gasteiger partial charge >= 0.3 is 17.9 Å². The molecule has 3 atom stereocenters. The lowest BCUT2D eigenvalue weighted by Gasteiger charge is -2.23. The van der Waals surface area contributed by atoms with Gasteiger partial charge in [0.25, 0.3) is 0 Å². The SMILES string of the molecule is CCCCC1COC1=O.CCCC[C@H](CO)C(=O)O.CCCC[C@H]1COC1=O. The lowest BCUT2D eigenvalue weighted by Crippen LogP contribution is -2.34. The van der Waals surface area contributed by atoms with Crippen molar-refractivity contribution in [2.75, 3.05) is 19.8 Å². The van der Waals surface area contributed by atoms with Gasteiger partial charge in [-0.3, -0.25) is 14.4 Å². The fourth-order valence-corrected chi connectivity index (χ4v) is 2.59. The van der Waals surface area contributed by atoms with E-state index in [0.717, 1.165) is 38.5 Å². The van der Waals surface area contributed by atoms with Crippen LogP contribution in [0.5, 0.6) is 0 Å². The van der Waals surface area contributed by atoms with E-state index in [1.807, 2.05) is 6.92 Å². The molecule has 0 radical (unpaired) electrons. The molecule has 0 saturated carbocycles. The molecule has 2 fully saturated rings. The molecule has 0 spiro atoms. The van der Waals surface area contributed by atoms with Crippen molar-refractivity contribution < 1.29 is 34.1 Å². The Bertz CT molecular complexity index is 422. The van der Waals surface area contributed by atoms with Gasteiger partial charge in [-0.15, -0.1) is 0 Å². The summed E-state index contributed by atoms with van der Waals surface area (Å²) in [5, 5.41) is 17.0. The molecule has 0 aromatic carbocycles. The number of esters is 2. The quantitative estimate of drug-likeness (QED) is 0.508. The molecule has 7 nitrogen and oxygen atoms in total. The number of rotatable bonds is 11. The number of aliphatic carboxylic acids is 1. The third-order valence-corrected chi connectivity index (χ3v) is 4.81. The molecule has 0 aromatic heterocycles. The first-order valence-corrected chi connectivity index (χ1v) is 10.6. The van der Waals surface area contributed by atoms with E-state index in [9.17, 15) is 14.4 Å². The molecule has 0 aromatic rings. The molecule has 2 N–H and O–H groups in total. The largest absolute Gasteiger partial charge is 0.481 e. The fraction of sp³-hybridized carbons (Fsp3) is 0.857. The van der Waals surface area contributed by atoms with Crippen LogP contribution in [0.4, 0.5) is 0 Å². The standard InChI is InChI=1S/C7H14O3.2C7H12O2/c1-2-3-4-6(5-8)7(9)10;2*1-2-3-4-6-5-9-7(6)8/h6,8H,2-5H2,1H3,(H,9,10);2*6H,2-5H2,1H3/t2*6-;/m10./s1. The van der Waals surface area contributed by atoms with E-state index in [-0.39, 0.29) is 30.4 Å². The number of carbonyl (C=O) groups excluding carboxylic acids is 2. The normalized spacial score (nSPS) is 20.7. The summed E-state index contributed by atoms with van der Waals surface area (Å²) >= 11 is 0. The number of aliphatic hydroxyl groups is 1. The van der Waals surface area contributed by atoms with E-state index >= 15 is 0 Å². The summed E-state index contributed by atoms with van der Waals surface area (Å²) in [5.41, 5.74) is 0. The highest BCUT2D eigenvalue weighted by Gasteiger charge is 2.29. The number of ether oxygens (including phenoxy) is 2. The van der Waals surface area contributed by atoms with Crippen molar-refractivity contribution in [3.8, 4) is 0 Å². The molecule has 0 bridgehead atoms. The van der Waals surface area contributed by atoms with E-state index in [4.69, 9.17) is 10.2 Å². The highest BCUT2D eigenvalue weighted by atomic mass is 16.6. The number of cyclic esters (lactones) is 2. The average Bonchev–Trinajstić information content (AvgIpc) is 2.67. The third kappa shape index (κ3) is 11.3. The number of hydrogen-bond donors (Lipinski definition) is 2. The predicted octanol–water partition coefficient (Wildman–Crippen LogP) is 3.57. The molecule has 28 heavy (non-hydrogen) atoms. The average molecular weight is 403 g/mol. The molecule has 7 heteroatoms.